The molecule has 2 rings (SSSR count). The van der Waals surface area contributed by atoms with Crippen LogP contribution in [0.15, 0.2) is 12.1 Å². The van der Waals surface area contributed by atoms with Crippen molar-refractivity contribution in [3.63, 3.8) is 0 Å². The van der Waals surface area contributed by atoms with Crippen molar-refractivity contribution in [1.82, 2.24) is 0 Å². The number of ether oxygens (including phenoxy) is 1. The predicted molar refractivity (Wildman–Crippen MR) is 66.9 cm³/mol. The van der Waals surface area contributed by atoms with Crippen LogP contribution in [-0.2, 0) is 0 Å². The van der Waals surface area contributed by atoms with E-state index in [2.05, 4.69) is 39.8 Å². The summed E-state index contributed by atoms with van der Waals surface area (Å²) in [7, 11) is 0. The van der Waals surface area contributed by atoms with Crippen LogP contribution in [0.2, 0.25) is 0 Å². The normalized spacial score (nSPS) is 23.4. The molecule has 2 atom stereocenters. The molecule has 1 heterocycles. The first-order valence-electron chi connectivity index (χ1n) is 6.11. The van der Waals surface area contributed by atoms with Crippen molar-refractivity contribution in [2.75, 3.05) is 0 Å². The summed E-state index contributed by atoms with van der Waals surface area (Å²) < 4.78 is 5.96. The summed E-state index contributed by atoms with van der Waals surface area (Å²) in [6.07, 6.45) is 1.11. The Balaban J connectivity index is 2.54. The number of fused-ring (bicyclic) bond motifs is 1. The lowest BCUT2D eigenvalue weighted by Crippen LogP contribution is -2.24. The molecule has 0 saturated carbocycles. The third-order valence-electron chi connectivity index (χ3n) is 3.45. The molecule has 1 aromatic carbocycles. The van der Waals surface area contributed by atoms with Gasteiger partial charge in [-0.1, -0.05) is 32.9 Å². The van der Waals surface area contributed by atoms with E-state index in [1.54, 1.807) is 0 Å². The molecule has 2 heteroatoms. The lowest BCUT2D eigenvalue weighted by molar-refractivity contribution is 0.201. The van der Waals surface area contributed by atoms with Gasteiger partial charge in [-0.05, 0) is 30.4 Å². The molecule has 2 nitrogen and oxygen atoms in total. The van der Waals surface area contributed by atoms with Crippen LogP contribution in [0.25, 0.3) is 0 Å². The van der Waals surface area contributed by atoms with Crippen LogP contribution in [-0.4, -0.2) is 6.10 Å². The molecule has 0 saturated heterocycles. The van der Waals surface area contributed by atoms with E-state index in [0.717, 1.165) is 12.2 Å². The fraction of sp³-hybridized carbons (Fsp3) is 0.571. The molecular weight excluding hydrogens is 198 g/mol. The van der Waals surface area contributed by atoms with Gasteiger partial charge in [0.2, 0.25) is 0 Å². The Hall–Kier alpha value is -1.02. The fourth-order valence-electron chi connectivity index (χ4n) is 2.48. The summed E-state index contributed by atoms with van der Waals surface area (Å²) in [5.74, 6) is 1.53. The number of hydrogen-bond acceptors (Lipinski definition) is 2. The number of rotatable bonds is 2. The molecule has 0 spiro atoms. The monoisotopic (exact) mass is 219 g/mol. The molecule has 1 aliphatic rings. The first-order valence-corrected chi connectivity index (χ1v) is 6.11. The highest BCUT2D eigenvalue weighted by atomic mass is 16.5. The third kappa shape index (κ3) is 1.61. The van der Waals surface area contributed by atoms with E-state index < -0.39 is 0 Å². The molecule has 16 heavy (non-hydrogen) atoms. The lowest BCUT2D eigenvalue weighted by Gasteiger charge is -2.15. The van der Waals surface area contributed by atoms with Gasteiger partial charge >= 0.3 is 0 Å². The molecule has 2 N–H and O–H groups in total. The highest BCUT2D eigenvalue weighted by molar-refractivity contribution is 5.52. The molecule has 0 amide bonds. The van der Waals surface area contributed by atoms with Gasteiger partial charge in [-0.3, -0.25) is 0 Å². The van der Waals surface area contributed by atoms with E-state index in [-0.39, 0.29) is 12.1 Å². The molecular formula is C14H21NO. The van der Waals surface area contributed by atoms with E-state index in [1.165, 1.54) is 16.7 Å². The van der Waals surface area contributed by atoms with E-state index in [4.69, 9.17) is 10.5 Å². The van der Waals surface area contributed by atoms with Crippen molar-refractivity contribution in [3.8, 4) is 5.75 Å². The van der Waals surface area contributed by atoms with Gasteiger partial charge in [-0.15, -0.1) is 0 Å². The Bertz CT molecular complexity index is 398. The molecule has 88 valence electrons. The van der Waals surface area contributed by atoms with E-state index >= 15 is 0 Å². The van der Waals surface area contributed by atoms with Crippen molar-refractivity contribution in [2.24, 2.45) is 5.73 Å². The third-order valence-corrected chi connectivity index (χ3v) is 3.45. The summed E-state index contributed by atoms with van der Waals surface area (Å²) in [4.78, 5) is 0. The van der Waals surface area contributed by atoms with Gasteiger partial charge in [0, 0.05) is 5.56 Å². The molecule has 0 radical (unpaired) electrons. The molecule has 0 bridgehead atoms. The zero-order chi connectivity index (χ0) is 11.9. The van der Waals surface area contributed by atoms with Gasteiger partial charge in [0.25, 0.3) is 0 Å². The van der Waals surface area contributed by atoms with Crippen molar-refractivity contribution in [3.05, 3.63) is 28.8 Å². The maximum absolute atomic E-state index is 6.28. The summed E-state index contributed by atoms with van der Waals surface area (Å²) in [6.45, 7) is 8.63. The standard InChI is InChI=1S/C14H21NO/c1-5-11-13(15)12-10(8(2)3)7-6-9(4)14(12)16-11/h6-8,11,13H,5,15H2,1-4H3. The van der Waals surface area contributed by atoms with Crippen LogP contribution in [0, 0.1) is 6.92 Å². The van der Waals surface area contributed by atoms with Crippen LogP contribution in [0.4, 0.5) is 0 Å². The Morgan fingerprint density at radius 3 is 2.62 bits per heavy atom. The zero-order valence-electron chi connectivity index (χ0n) is 10.6. The number of nitrogens with two attached hydrogens (primary N) is 1. The minimum Gasteiger partial charge on any atom is -0.488 e. The molecule has 0 fully saturated rings. The number of hydrogen-bond donors (Lipinski definition) is 1. The molecule has 0 aliphatic carbocycles. The highest BCUT2D eigenvalue weighted by Gasteiger charge is 2.33. The van der Waals surface area contributed by atoms with Gasteiger partial charge in [0.1, 0.15) is 11.9 Å². The second kappa shape index (κ2) is 4.10. The van der Waals surface area contributed by atoms with Crippen molar-refractivity contribution >= 4 is 0 Å². The second-order valence-corrected chi connectivity index (χ2v) is 4.96. The maximum atomic E-state index is 6.28. The Morgan fingerprint density at radius 2 is 2.06 bits per heavy atom. The summed E-state index contributed by atoms with van der Waals surface area (Å²) >= 11 is 0. The first-order chi connectivity index (χ1) is 7.56. The van der Waals surface area contributed by atoms with Crippen molar-refractivity contribution < 1.29 is 4.74 Å². The van der Waals surface area contributed by atoms with Gasteiger partial charge in [-0.2, -0.15) is 0 Å². The van der Waals surface area contributed by atoms with Crippen LogP contribution in [0.3, 0.4) is 0 Å². The van der Waals surface area contributed by atoms with Crippen LogP contribution < -0.4 is 10.5 Å². The highest BCUT2D eigenvalue weighted by Crippen LogP contribution is 2.43. The smallest absolute Gasteiger partial charge is 0.127 e. The topological polar surface area (TPSA) is 35.2 Å². The molecule has 2 unspecified atom stereocenters. The van der Waals surface area contributed by atoms with Gasteiger partial charge in [-0.25, -0.2) is 0 Å². The number of aryl methyl sites for hydroxylation is 1. The summed E-state index contributed by atoms with van der Waals surface area (Å²) in [6, 6.07) is 4.37. The van der Waals surface area contributed by atoms with Crippen molar-refractivity contribution in [2.45, 2.75) is 52.2 Å². The minimum atomic E-state index is 0.0392. The average Bonchev–Trinajstić information content (AvgIpc) is 2.57. The molecule has 1 aliphatic heterocycles. The van der Waals surface area contributed by atoms with Crippen molar-refractivity contribution in [1.29, 1.82) is 0 Å². The number of benzene rings is 1. The second-order valence-electron chi connectivity index (χ2n) is 4.96. The SMILES string of the molecule is CCC1Oc2c(C)ccc(C(C)C)c2C1N. The quantitative estimate of drug-likeness (QED) is 0.828. The predicted octanol–water partition coefficient (Wildman–Crippen LogP) is 3.29. The largest absolute Gasteiger partial charge is 0.488 e. The zero-order valence-corrected chi connectivity index (χ0v) is 10.6. The molecule has 1 aromatic rings. The van der Waals surface area contributed by atoms with E-state index in [0.29, 0.717) is 5.92 Å². The Kier molecular flexibility index (Phi) is 2.94. The van der Waals surface area contributed by atoms with Crippen LogP contribution in [0.5, 0.6) is 5.75 Å². The first kappa shape index (κ1) is 11.5. The summed E-state index contributed by atoms with van der Waals surface area (Å²) in [5, 5.41) is 0. The van der Waals surface area contributed by atoms with Gasteiger partial charge in [0.05, 0.1) is 6.04 Å². The van der Waals surface area contributed by atoms with E-state index in [1.807, 2.05) is 0 Å². The van der Waals surface area contributed by atoms with Gasteiger partial charge < -0.3 is 10.5 Å². The minimum absolute atomic E-state index is 0.0392. The van der Waals surface area contributed by atoms with E-state index in [9.17, 15) is 0 Å². The molecule has 0 aromatic heterocycles. The summed E-state index contributed by atoms with van der Waals surface area (Å²) in [5.41, 5.74) is 10.1. The Morgan fingerprint density at radius 1 is 1.38 bits per heavy atom. The Labute approximate surface area is 97.8 Å². The van der Waals surface area contributed by atoms with Gasteiger partial charge in [0.15, 0.2) is 0 Å². The lowest BCUT2D eigenvalue weighted by atomic mass is 9.90. The average molecular weight is 219 g/mol. The van der Waals surface area contributed by atoms with Crippen LogP contribution in [0.1, 0.15) is 55.8 Å². The van der Waals surface area contributed by atoms with Crippen LogP contribution >= 0.6 is 0 Å². The maximum Gasteiger partial charge on any atom is 0.127 e. The fourth-order valence-corrected chi connectivity index (χ4v) is 2.48.